The predicted molar refractivity (Wildman–Crippen MR) is 130 cm³/mol. The number of hydrogen-bond acceptors (Lipinski definition) is 7. The lowest BCUT2D eigenvalue weighted by Crippen LogP contribution is -2.44. The van der Waals surface area contributed by atoms with E-state index in [9.17, 15) is 18.0 Å². The number of anilines is 1. The molecule has 0 saturated carbocycles. The highest BCUT2D eigenvalue weighted by molar-refractivity contribution is 7.22. The SMILES string of the molecule is Cc1cccc(OCC(=O)N(CCN2CCOCC2)c2nc3ccc(OC(F)(F)F)cc3s2)c1.Cl. The number of carbonyl (C=O) groups is 1. The molecule has 0 atom stereocenters. The summed E-state index contributed by atoms with van der Waals surface area (Å²) in [6.07, 6.45) is -4.78. The van der Waals surface area contributed by atoms with Crippen LogP contribution >= 0.6 is 23.7 Å². The maximum Gasteiger partial charge on any atom is 0.573 e. The van der Waals surface area contributed by atoms with Crippen LogP contribution in [0, 0.1) is 6.92 Å². The molecule has 35 heavy (non-hydrogen) atoms. The molecule has 2 heterocycles. The Balaban J connectivity index is 0.00000342. The molecule has 1 fully saturated rings. The molecule has 7 nitrogen and oxygen atoms in total. The molecule has 0 unspecified atom stereocenters. The van der Waals surface area contributed by atoms with Crippen molar-refractivity contribution in [1.82, 2.24) is 9.88 Å². The number of hydrogen-bond donors (Lipinski definition) is 0. The minimum atomic E-state index is -4.78. The summed E-state index contributed by atoms with van der Waals surface area (Å²) < 4.78 is 53.4. The van der Waals surface area contributed by atoms with Crippen LogP contribution < -0.4 is 14.4 Å². The van der Waals surface area contributed by atoms with Crippen LogP contribution in [0.4, 0.5) is 18.3 Å². The molecule has 12 heteroatoms. The van der Waals surface area contributed by atoms with Crippen LogP contribution in [0.5, 0.6) is 11.5 Å². The highest BCUT2D eigenvalue weighted by atomic mass is 35.5. The zero-order valence-electron chi connectivity index (χ0n) is 18.9. The largest absolute Gasteiger partial charge is 0.573 e. The number of aromatic nitrogens is 1. The molecular weight excluding hydrogens is 507 g/mol. The van der Waals surface area contributed by atoms with Gasteiger partial charge in [-0.2, -0.15) is 0 Å². The molecule has 1 aromatic heterocycles. The Bertz CT molecular complexity index is 1140. The van der Waals surface area contributed by atoms with Gasteiger partial charge in [0.25, 0.3) is 5.91 Å². The van der Waals surface area contributed by atoms with Gasteiger partial charge in [-0.15, -0.1) is 25.6 Å². The minimum Gasteiger partial charge on any atom is -0.484 e. The van der Waals surface area contributed by atoms with Crippen LogP contribution in [-0.4, -0.2) is 68.2 Å². The van der Waals surface area contributed by atoms with Gasteiger partial charge in [0.2, 0.25) is 0 Å². The molecule has 190 valence electrons. The first kappa shape index (κ1) is 27.0. The highest BCUT2D eigenvalue weighted by Crippen LogP contribution is 2.33. The van der Waals surface area contributed by atoms with Crippen molar-refractivity contribution in [2.24, 2.45) is 0 Å². The average molecular weight is 532 g/mol. The van der Waals surface area contributed by atoms with Gasteiger partial charge in [-0.25, -0.2) is 4.98 Å². The zero-order valence-corrected chi connectivity index (χ0v) is 20.5. The fourth-order valence-corrected chi connectivity index (χ4v) is 4.56. The van der Waals surface area contributed by atoms with E-state index >= 15 is 0 Å². The molecule has 0 N–H and O–H groups in total. The molecule has 0 bridgehead atoms. The van der Waals surface area contributed by atoms with Gasteiger partial charge < -0.3 is 14.2 Å². The van der Waals surface area contributed by atoms with Gasteiger partial charge in [0.15, 0.2) is 11.7 Å². The van der Waals surface area contributed by atoms with E-state index in [1.54, 1.807) is 6.07 Å². The number of morpholine rings is 1. The van der Waals surface area contributed by atoms with Gasteiger partial charge >= 0.3 is 6.36 Å². The van der Waals surface area contributed by atoms with Crippen LogP contribution in [0.25, 0.3) is 10.2 Å². The second-order valence-corrected chi connectivity index (χ2v) is 8.79. The molecule has 1 aliphatic rings. The fraction of sp³-hybridized carbons (Fsp3) is 0.391. The smallest absolute Gasteiger partial charge is 0.484 e. The van der Waals surface area contributed by atoms with Crippen molar-refractivity contribution < 1.29 is 32.2 Å². The van der Waals surface area contributed by atoms with E-state index in [-0.39, 0.29) is 30.7 Å². The summed E-state index contributed by atoms with van der Waals surface area (Å²) in [6.45, 7) is 5.51. The molecule has 0 aliphatic carbocycles. The summed E-state index contributed by atoms with van der Waals surface area (Å²) >= 11 is 1.13. The first-order chi connectivity index (χ1) is 16.3. The maximum absolute atomic E-state index is 13.2. The summed E-state index contributed by atoms with van der Waals surface area (Å²) in [5, 5.41) is 0.394. The molecule has 0 radical (unpaired) electrons. The van der Waals surface area contributed by atoms with Gasteiger partial charge in [0.1, 0.15) is 11.5 Å². The monoisotopic (exact) mass is 531 g/mol. The molecule has 3 aromatic rings. The van der Waals surface area contributed by atoms with Crippen molar-refractivity contribution in [1.29, 1.82) is 0 Å². The van der Waals surface area contributed by atoms with E-state index < -0.39 is 6.36 Å². The number of aryl methyl sites for hydroxylation is 1. The standard InChI is InChI=1S/C23H24F3N3O4S.ClH/c1-16-3-2-4-17(13-16)32-15-21(30)29(8-7-28-9-11-31-12-10-28)22-27-19-6-5-18(14-20(19)34-22)33-23(24,25)26;/h2-6,13-14H,7-12,15H2,1H3;1H. The molecule has 1 saturated heterocycles. The summed E-state index contributed by atoms with van der Waals surface area (Å²) in [6, 6.07) is 11.3. The molecule has 4 rings (SSSR count). The van der Waals surface area contributed by atoms with E-state index in [4.69, 9.17) is 9.47 Å². The minimum absolute atomic E-state index is 0. The van der Waals surface area contributed by atoms with E-state index in [0.29, 0.717) is 47.4 Å². The Morgan fingerprint density at radius 1 is 1.17 bits per heavy atom. The first-order valence-electron chi connectivity index (χ1n) is 10.7. The van der Waals surface area contributed by atoms with Crippen molar-refractivity contribution in [3.05, 3.63) is 48.0 Å². The maximum atomic E-state index is 13.2. The normalized spacial score (nSPS) is 14.4. The number of ether oxygens (including phenoxy) is 3. The summed E-state index contributed by atoms with van der Waals surface area (Å²) in [5.41, 5.74) is 1.50. The zero-order chi connectivity index (χ0) is 24.1. The second-order valence-electron chi connectivity index (χ2n) is 7.78. The van der Waals surface area contributed by atoms with E-state index in [1.165, 1.54) is 23.1 Å². The molecular formula is C23H25ClF3N3O4S. The Hall–Kier alpha value is -2.60. The number of carbonyl (C=O) groups excluding carboxylic acids is 1. The summed E-state index contributed by atoms with van der Waals surface area (Å²) in [7, 11) is 0. The fourth-order valence-electron chi connectivity index (χ4n) is 3.53. The number of rotatable bonds is 8. The Morgan fingerprint density at radius 3 is 2.66 bits per heavy atom. The summed E-state index contributed by atoms with van der Waals surface area (Å²) in [4.78, 5) is 21.4. The molecule has 0 spiro atoms. The Labute approximate surface area is 210 Å². The van der Waals surface area contributed by atoms with E-state index in [1.807, 2.05) is 25.1 Å². The lowest BCUT2D eigenvalue weighted by molar-refractivity contribution is -0.274. The molecule has 2 aromatic carbocycles. The van der Waals surface area contributed by atoms with E-state index in [0.717, 1.165) is 30.0 Å². The van der Waals surface area contributed by atoms with Gasteiger partial charge in [0.05, 0.1) is 23.4 Å². The lowest BCUT2D eigenvalue weighted by Gasteiger charge is -2.29. The number of alkyl halides is 3. The van der Waals surface area contributed by atoms with Crippen LogP contribution in [-0.2, 0) is 9.53 Å². The van der Waals surface area contributed by atoms with Crippen LogP contribution in [0.2, 0.25) is 0 Å². The number of halogens is 4. The predicted octanol–water partition coefficient (Wildman–Crippen LogP) is 4.67. The second kappa shape index (κ2) is 11.9. The van der Waals surface area contributed by atoms with E-state index in [2.05, 4.69) is 14.6 Å². The number of fused-ring (bicyclic) bond motifs is 1. The third-order valence-electron chi connectivity index (χ3n) is 5.21. The number of benzene rings is 2. The third kappa shape index (κ3) is 7.69. The topological polar surface area (TPSA) is 64.1 Å². The molecule has 1 amide bonds. The highest BCUT2D eigenvalue weighted by Gasteiger charge is 2.31. The number of amides is 1. The van der Waals surface area contributed by atoms with Crippen molar-refractivity contribution in [3.8, 4) is 11.5 Å². The van der Waals surface area contributed by atoms with Crippen molar-refractivity contribution >= 4 is 45.0 Å². The van der Waals surface area contributed by atoms with Crippen LogP contribution in [0.3, 0.4) is 0 Å². The molecule has 1 aliphatic heterocycles. The van der Waals surface area contributed by atoms with Gasteiger partial charge in [0, 0.05) is 32.2 Å². The average Bonchev–Trinajstić information content (AvgIpc) is 3.20. The third-order valence-corrected chi connectivity index (χ3v) is 6.25. The van der Waals surface area contributed by atoms with Crippen LogP contribution in [0.1, 0.15) is 5.56 Å². The summed E-state index contributed by atoms with van der Waals surface area (Å²) in [5.74, 6) is -0.0375. The van der Waals surface area contributed by atoms with Crippen molar-refractivity contribution in [3.63, 3.8) is 0 Å². The van der Waals surface area contributed by atoms with Crippen LogP contribution in [0.15, 0.2) is 42.5 Å². The van der Waals surface area contributed by atoms with Crippen molar-refractivity contribution in [2.45, 2.75) is 13.3 Å². The van der Waals surface area contributed by atoms with Crippen molar-refractivity contribution in [2.75, 3.05) is 50.9 Å². The Kier molecular flexibility index (Phi) is 9.17. The number of thiazole rings is 1. The number of nitrogens with zero attached hydrogens (tertiary/aromatic N) is 3. The Morgan fingerprint density at radius 2 is 1.94 bits per heavy atom. The van der Waals surface area contributed by atoms with Gasteiger partial charge in [-0.05, 0) is 36.8 Å². The first-order valence-corrected chi connectivity index (χ1v) is 11.5. The van der Waals surface area contributed by atoms with Gasteiger partial charge in [-0.1, -0.05) is 23.5 Å². The quantitative estimate of drug-likeness (QED) is 0.421. The van der Waals surface area contributed by atoms with Gasteiger partial charge in [-0.3, -0.25) is 14.6 Å². The lowest BCUT2D eigenvalue weighted by atomic mass is 10.2.